The first-order valence-corrected chi connectivity index (χ1v) is 8.35. The fourth-order valence-electron chi connectivity index (χ4n) is 2.21. The second-order valence-corrected chi connectivity index (χ2v) is 4.98. The predicted molar refractivity (Wildman–Crippen MR) is 89.4 cm³/mol. The lowest BCUT2D eigenvalue weighted by Crippen LogP contribution is -2.48. The SMILES string of the molecule is CC.CC.Cc1ccc(CN2CCN(CC(F)(F)F)CC2)cn1. The Morgan fingerprint density at radius 1 is 0.957 bits per heavy atom. The van der Waals surface area contributed by atoms with Gasteiger partial charge in [0.2, 0.25) is 0 Å². The van der Waals surface area contributed by atoms with Crippen molar-refractivity contribution in [2.45, 2.75) is 47.3 Å². The van der Waals surface area contributed by atoms with E-state index < -0.39 is 12.7 Å². The van der Waals surface area contributed by atoms with Gasteiger partial charge in [0, 0.05) is 44.6 Å². The second-order valence-electron chi connectivity index (χ2n) is 4.98. The van der Waals surface area contributed by atoms with Crippen LogP contribution in [-0.2, 0) is 6.54 Å². The van der Waals surface area contributed by atoms with E-state index in [1.807, 2.05) is 52.9 Å². The molecule has 0 aliphatic carbocycles. The van der Waals surface area contributed by atoms with E-state index in [9.17, 15) is 13.2 Å². The van der Waals surface area contributed by atoms with Gasteiger partial charge in [-0.2, -0.15) is 13.2 Å². The minimum Gasteiger partial charge on any atom is -0.296 e. The van der Waals surface area contributed by atoms with Crippen molar-refractivity contribution in [3.63, 3.8) is 0 Å². The fraction of sp³-hybridized carbons (Fsp3) is 0.706. The quantitative estimate of drug-likeness (QED) is 0.829. The lowest BCUT2D eigenvalue weighted by molar-refractivity contribution is -0.149. The third kappa shape index (κ3) is 9.56. The largest absolute Gasteiger partial charge is 0.401 e. The molecule has 23 heavy (non-hydrogen) atoms. The van der Waals surface area contributed by atoms with Crippen LogP contribution in [0.25, 0.3) is 0 Å². The maximum atomic E-state index is 12.3. The lowest BCUT2D eigenvalue weighted by atomic mass is 10.2. The molecular weight excluding hydrogens is 303 g/mol. The van der Waals surface area contributed by atoms with Gasteiger partial charge in [0.25, 0.3) is 0 Å². The molecule has 0 amide bonds. The Morgan fingerprint density at radius 2 is 1.48 bits per heavy atom. The third-order valence-corrected chi connectivity index (χ3v) is 3.25. The third-order valence-electron chi connectivity index (χ3n) is 3.25. The zero-order valence-corrected chi connectivity index (χ0v) is 15.0. The molecule has 0 spiro atoms. The standard InChI is InChI=1S/C13H18F3N3.2C2H6/c1-11-2-3-12(8-17-11)9-18-4-6-19(7-5-18)10-13(14,15)16;2*1-2/h2-3,8H,4-7,9-10H2,1H3;2*1-2H3. The normalized spacial score (nSPS) is 16.0. The number of pyridine rings is 1. The molecule has 2 rings (SSSR count). The topological polar surface area (TPSA) is 19.4 Å². The highest BCUT2D eigenvalue weighted by molar-refractivity contribution is 5.13. The average Bonchev–Trinajstić information content (AvgIpc) is 2.54. The molecule has 0 radical (unpaired) electrons. The van der Waals surface area contributed by atoms with Crippen LogP contribution in [0.2, 0.25) is 0 Å². The summed E-state index contributed by atoms with van der Waals surface area (Å²) in [5.41, 5.74) is 2.08. The number of halogens is 3. The number of hydrogen-bond acceptors (Lipinski definition) is 3. The van der Waals surface area contributed by atoms with Crippen LogP contribution < -0.4 is 0 Å². The summed E-state index contributed by atoms with van der Waals surface area (Å²) in [6.45, 7) is 12.2. The molecular formula is C17H30F3N3. The second kappa shape index (κ2) is 11.4. The summed E-state index contributed by atoms with van der Waals surface area (Å²) in [7, 11) is 0. The summed E-state index contributed by atoms with van der Waals surface area (Å²) in [5.74, 6) is 0. The first-order valence-electron chi connectivity index (χ1n) is 8.35. The highest BCUT2D eigenvalue weighted by Gasteiger charge is 2.32. The minimum atomic E-state index is -4.09. The van der Waals surface area contributed by atoms with E-state index in [0.29, 0.717) is 26.2 Å². The Kier molecular flexibility index (Phi) is 10.8. The molecule has 1 aromatic heterocycles. The van der Waals surface area contributed by atoms with E-state index in [4.69, 9.17) is 0 Å². The number of nitrogens with zero attached hydrogens (tertiary/aromatic N) is 3. The molecule has 6 heteroatoms. The molecule has 1 fully saturated rings. The van der Waals surface area contributed by atoms with Crippen molar-refractivity contribution in [1.29, 1.82) is 0 Å². The molecule has 0 aromatic carbocycles. The molecule has 0 unspecified atom stereocenters. The number of aromatic nitrogens is 1. The number of piperazine rings is 1. The van der Waals surface area contributed by atoms with Gasteiger partial charge in [0.15, 0.2) is 0 Å². The molecule has 0 N–H and O–H groups in total. The van der Waals surface area contributed by atoms with E-state index >= 15 is 0 Å². The van der Waals surface area contributed by atoms with Gasteiger partial charge in [-0.1, -0.05) is 33.8 Å². The summed E-state index contributed by atoms with van der Waals surface area (Å²) in [5, 5.41) is 0. The number of rotatable bonds is 3. The highest BCUT2D eigenvalue weighted by atomic mass is 19.4. The van der Waals surface area contributed by atoms with Crippen molar-refractivity contribution in [3.8, 4) is 0 Å². The first-order chi connectivity index (χ1) is 10.9. The van der Waals surface area contributed by atoms with Crippen LogP contribution in [0.15, 0.2) is 18.3 Å². The van der Waals surface area contributed by atoms with Crippen LogP contribution in [0.3, 0.4) is 0 Å². The highest BCUT2D eigenvalue weighted by Crippen LogP contribution is 2.18. The summed E-state index contributed by atoms with van der Waals surface area (Å²) >= 11 is 0. The van der Waals surface area contributed by atoms with Crippen LogP contribution in [0.5, 0.6) is 0 Å². The smallest absolute Gasteiger partial charge is 0.296 e. The van der Waals surface area contributed by atoms with Crippen LogP contribution in [0, 0.1) is 6.92 Å². The fourth-order valence-corrected chi connectivity index (χ4v) is 2.21. The number of alkyl halides is 3. The zero-order chi connectivity index (χ0) is 17.9. The van der Waals surface area contributed by atoms with E-state index in [-0.39, 0.29) is 0 Å². The van der Waals surface area contributed by atoms with Crippen molar-refractivity contribution >= 4 is 0 Å². The molecule has 1 aliphatic rings. The molecule has 1 aromatic rings. The average molecular weight is 333 g/mol. The van der Waals surface area contributed by atoms with Crippen LogP contribution >= 0.6 is 0 Å². The molecule has 3 nitrogen and oxygen atoms in total. The Morgan fingerprint density at radius 3 is 1.91 bits per heavy atom. The van der Waals surface area contributed by atoms with Crippen LogP contribution in [-0.4, -0.2) is 53.7 Å². The molecule has 134 valence electrons. The summed E-state index contributed by atoms with van der Waals surface area (Å²) in [4.78, 5) is 7.85. The van der Waals surface area contributed by atoms with E-state index in [2.05, 4.69) is 9.88 Å². The Labute approximate surface area is 138 Å². The first kappa shape index (κ1) is 21.9. The monoisotopic (exact) mass is 333 g/mol. The summed E-state index contributed by atoms with van der Waals surface area (Å²) in [6, 6.07) is 3.97. The van der Waals surface area contributed by atoms with Crippen molar-refractivity contribution in [2.24, 2.45) is 0 Å². The lowest BCUT2D eigenvalue weighted by Gasteiger charge is -2.34. The van der Waals surface area contributed by atoms with Gasteiger partial charge in [0.05, 0.1) is 6.54 Å². The van der Waals surface area contributed by atoms with Gasteiger partial charge in [0.1, 0.15) is 0 Å². The zero-order valence-electron chi connectivity index (χ0n) is 15.0. The maximum Gasteiger partial charge on any atom is 0.401 e. The van der Waals surface area contributed by atoms with Crippen molar-refractivity contribution in [1.82, 2.24) is 14.8 Å². The van der Waals surface area contributed by atoms with E-state index in [1.165, 1.54) is 4.90 Å². The van der Waals surface area contributed by atoms with Gasteiger partial charge in [-0.15, -0.1) is 0 Å². The molecule has 1 aliphatic heterocycles. The van der Waals surface area contributed by atoms with Gasteiger partial charge in [-0.3, -0.25) is 14.8 Å². The molecule has 0 saturated carbocycles. The van der Waals surface area contributed by atoms with Crippen molar-refractivity contribution in [2.75, 3.05) is 32.7 Å². The van der Waals surface area contributed by atoms with Gasteiger partial charge in [-0.05, 0) is 18.6 Å². The minimum absolute atomic E-state index is 0.471. The van der Waals surface area contributed by atoms with Gasteiger partial charge >= 0.3 is 6.18 Å². The predicted octanol–water partition coefficient (Wildman–Crippen LogP) is 4.12. The van der Waals surface area contributed by atoms with E-state index in [1.54, 1.807) is 0 Å². The van der Waals surface area contributed by atoms with Crippen LogP contribution in [0.1, 0.15) is 39.0 Å². The Hall–Kier alpha value is -1.14. The Balaban J connectivity index is 0.00000112. The van der Waals surface area contributed by atoms with Crippen molar-refractivity contribution < 1.29 is 13.2 Å². The summed E-state index contributed by atoms with van der Waals surface area (Å²) < 4.78 is 36.8. The van der Waals surface area contributed by atoms with E-state index in [0.717, 1.165) is 17.8 Å². The van der Waals surface area contributed by atoms with Crippen LogP contribution in [0.4, 0.5) is 13.2 Å². The maximum absolute atomic E-state index is 12.3. The van der Waals surface area contributed by atoms with Gasteiger partial charge < -0.3 is 0 Å². The van der Waals surface area contributed by atoms with Crippen molar-refractivity contribution in [3.05, 3.63) is 29.6 Å². The number of hydrogen-bond donors (Lipinski definition) is 0. The van der Waals surface area contributed by atoms with Gasteiger partial charge in [-0.25, -0.2) is 0 Å². The summed E-state index contributed by atoms with van der Waals surface area (Å²) in [6.07, 6.45) is -2.26. The Bertz CT molecular complexity index is 397. The molecule has 2 heterocycles. The molecule has 1 saturated heterocycles. The molecule has 0 bridgehead atoms. The number of aryl methyl sites for hydroxylation is 1. The molecule has 0 atom stereocenters.